The van der Waals surface area contributed by atoms with Gasteiger partial charge in [-0.15, -0.1) is 0 Å². The van der Waals surface area contributed by atoms with E-state index in [4.69, 9.17) is 4.74 Å². The first kappa shape index (κ1) is 16.8. The molecule has 1 heterocycles. The van der Waals surface area contributed by atoms with E-state index in [2.05, 4.69) is 5.32 Å². The highest BCUT2D eigenvalue weighted by molar-refractivity contribution is 6.07. The third-order valence-electron chi connectivity index (χ3n) is 4.93. The zero-order valence-electron chi connectivity index (χ0n) is 14.2. The molecule has 1 aromatic rings. The smallest absolute Gasteiger partial charge is 0.325 e. The second-order valence-corrected chi connectivity index (χ2v) is 6.82. The predicted octanol–water partition coefficient (Wildman–Crippen LogP) is 1.91. The lowest BCUT2D eigenvalue weighted by Gasteiger charge is -2.22. The van der Waals surface area contributed by atoms with E-state index < -0.39 is 17.7 Å². The summed E-state index contributed by atoms with van der Waals surface area (Å²) in [6.07, 6.45) is 2.33. The van der Waals surface area contributed by atoms with Gasteiger partial charge in [0.25, 0.3) is 5.91 Å². The van der Waals surface area contributed by atoms with Crippen molar-refractivity contribution in [2.24, 2.45) is 0 Å². The topological polar surface area (TPSA) is 78.9 Å². The maximum absolute atomic E-state index is 12.5. The number of imide groups is 1. The number of nitrogens with zero attached hydrogens (tertiary/aromatic N) is 1. The fraction of sp³-hybridized carbons (Fsp3) is 0.556. The Kier molecular flexibility index (Phi) is 4.49. The first-order chi connectivity index (χ1) is 11.4. The van der Waals surface area contributed by atoms with Crippen molar-refractivity contribution in [1.29, 1.82) is 0 Å². The number of amides is 3. The van der Waals surface area contributed by atoms with Gasteiger partial charge in [0.15, 0.2) is 0 Å². The fourth-order valence-corrected chi connectivity index (χ4v) is 3.63. The number of hydrogen-bond acceptors (Lipinski definition) is 4. The number of aliphatic hydroxyl groups is 1. The molecule has 130 valence electrons. The lowest BCUT2D eigenvalue weighted by Crippen LogP contribution is -2.45. The van der Waals surface area contributed by atoms with E-state index >= 15 is 0 Å². The SMILES string of the molecule is Cc1cccc(C)c1OCC(O)CN1C(=O)NC2(CCCC2)C1=O. The zero-order chi connectivity index (χ0) is 17.3. The van der Waals surface area contributed by atoms with Crippen molar-refractivity contribution in [3.05, 3.63) is 29.3 Å². The molecule has 1 saturated carbocycles. The normalized spacial score (nSPS) is 20.5. The molecule has 1 unspecified atom stereocenters. The van der Waals surface area contributed by atoms with Crippen LogP contribution in [0.15, 0.2) is 18.2 Å². The van der Waals surface area contributed by atoms with E-state index in [-0.39, 0.29) is 19.1 Å². The van der Waals surface area contributed by atoms with Crippen molar-refractivity contribution < 1.29 is 19.4 Å². The molecule has 0 bridgehead atoms. The van der Waals surface area contributed by atoms with Gasteiger partial charge in [-0.1, -0.05) is 31.0 Å². The molecule has 1 spiro atoms. The van der Waals surface area contributed by atoms with E-state index in [0.717, 1.165) is 34.6 Å². The molecule has 1 saturated heterocycles. The minimum Gasteiger partial charge on any atom is -0.490 e. The van der Waals surface area contributed by atoms with Crippen molar-refractivity contribution in [1.82, 2.24) is 10.2 Å². The molecule has 1 atom stereocenters. The Bertz CT molecular complexity index is 632. The van der Waals surface area contributed by atoms with Crippen LogP contribution in [0.1, 0.15) is 36.8 Å². The second kappa shape index (κ2) is 6.43. The summed E-state index contributed by atoms with van der Waals surface area (Å²) >= 11 is 0. The number of carbonyl (C=O) groups excluding carboxylic acids is 2. The first-order valence-electron chi connectivity index (χ1n) is 8.44. The number of benzene rings is 1. The quantitative estimate of drug-likeness (QED) is 0.807. The number of urea groups is 1. The number of nitrogens with one attached hydrogen (secondary N) is 1. The minimum absolute atomic E-state index is 0.0375. The van der Waals surface area contributed by atoms with E-state index in [1.807, 2.05) is 32.0 Å². The number of hydrogen-bond donors (Lipinski definition) is 2. The van der Waals surface area contributed by atoms with Crippen LogP contribution in [0.5, 0.6) is 5.75 Å². The Morgan fingerprint density at radius 1 is 1.25 bits per heavy atom. The standard InChI is InChI=1S/C18H24N2O4/c1-12-6-5-7-13(2)15(12)24-11-14(21)10-20-16(22)18(19-17(20)23)8-3-4-9-18/h5-7,14,21H,3-4,8-11H2,1-2H3,(H,19,23). The molecular weight excluding hydrogens is 308 g/mol. The summed E-state index contributed by atoms with van der Waals surface area (Å²) in [5.74, 6) is 0.525. The maximum Gasteiger partial charge on any atom is 0.325 e. The van der Waals surface area contributed by atoms with Gasteiger partial charge in [0, 0.05) is 0 Å². The van der Waals surface area contributed by atoms with Gasteiger partial charge in [0.2, 0.25) is 0 Å². The van der Waals surface area contributed by atoms with Crippen LogP contribution in [-0.2, 0) is 4.79 Å². The van der Waals surface area contributed by atoms with Crippen molar-refractivity contribution in [2.75, 3.05) is 13.2 Å². The van der Waals surface area contributed by atoms with Crippen molar-refractivity contribution in [2.45, 2.75) is 51.2 Å². The van der Waals surface area contributed by atoms with Gasteiger partial charge in [0.1, 0.15) is 24.0 Å². The zero-order valence-corrected chi connectivity index (χ0v) is 14.2. The van der Waals surface area contributed by atoms with Crippen LogP contribution >= 0.6 is 0 Å². The number of para-hydroxylation sites is 1. The van der Waals surface area contributed by atoms with Crippen LogP contribution in [0, 0.1) is 13.8 Å². The van der Waals surface area contributed by atoms with Crippen LogP contribution in [0.3, 0.4) is 0 Å². The Labute approximate surface area is 141 Å². The number of aliphatic hydroxyl groups excluding tert-OH is 1. The molecule has 6 nitrogen and oxygen atoms in total. The molecule has 3 rings (SSSR count). The van der Waals surface area contributed by atoms with E-state index in [1.165, 1.54) is 0 Å². The molecule has 1 aliphatic heterocycles. The molecule has 2 N–H and O–H groups in total. The maximum atomic E-state index is 12.5. The third kappa shape index (κ3) is 2.98. The Hall–Kier alpha value is -2.08. The number of ether oxygens (including phenoxy) is 1. The highest BCUT2D eigenvalue weighted by Crippen LogP contribution is 2.35. The molecule has 2 aliphatic rings. The van der Waals surface area contributed by atoms with Crippen LogP contribution < -0.4 is 10.1 Å². The molecule has 6 heteroatoms. The summed E-state index contributed by atoms with van der Waals surface area (Å²) in [6, 6.07) is 5.42. The minimum atomic E-state index is -0.921. The van der Waals surface area contributed by atoms with Crippen molar-refractivity contribution >= 4 is 11.9 Å². The van der Waals surface area contributed by atoms with Gasteiger partial charge in [-0.2, -0.15) is 0 Å². The third-order valence-corrected chi connectivity index (χ3v) is 4.93. The van der Waals surface area contributed by atoms with Gasteiger partial charge >= 0.3 is 6.03 Å². The average molecular weight is 332 g/mol. The molecule has 24 heavy (non-hydrogen) atoms. The number of carbonyl (C=O) groups is 2. The van der Waals surface area contributed by atoms with Gasteiger partial charge < -0.3 is 15.2 Å². The van der Waals surface area contributed by atoms with E-state index in [0.29, 0.717) is 12.8 Å². The molecule has 3 amide bonds. The lowest BCUT2D eigenvalue weighted by atomic mass is 9.98. The Balaban J connectivity index is 1.60. The predicted molar refractivity (Wildman–Crippen MR) is 88.9 cm³/mol. The first-order valence-corrected chi connectivity index (χ1v) is 8.44. The number of rotatable bonds is 5. The van der Waals surface area contributed by atoms with Gasteiger partial charge in [-0.05, 0) is 37.8 Å². The van der Waals surface area contributed by atoms with Crippen LogP contribution in [0.4, 0.5) is 4.79 Å². The summed E-state index contributed by atoms with van der Waals surface area (Å²) in [4.78, 5) is 25.8. The Morgan fingerprint density at radius 3 is 2.50 bits per heavy atom. The Morgan fingerprint density at radius 2 is 1.88 bits per heavy atom. The van der Waals surface area contributed by atoms with E-state index in [9.17, 15) is 14.7 Å². The van der Waals surface area contributed by atoms with Crippen molar-refractivity contribution in [3.63, 3.8) is 0 Å². The molecule has 0 radical (unpaired) electrons. The van der Waals surface area contributed by atoms with Crippen LogP contribution in [0.2, 0.25) is 0 Å². The van der Waals surface area contributed by atoms with Crippen molar-refractivity contribution in [3.8, 4) is 5.75 Å². The summed E-state index contributed by atoms with van der Waals surface area (Å²) in [5.41, 5.74) is 1.24. The largest absolute Gasteiger partial charge is 0.490 e. The summed E-state index contributed by atoms with van der Waals surface area (Å²) in [6.45, 7) is 3.87. The van der Waals surface area contributed by atoms with Gasteiger partial charge in [0.05, 0.1) is 6.54 Å². The summed E-state index contributed by atoms with van der Waals surface area (Å²) in [7, 11) is 0. The molecule has 1 aromatic carbocycles. The fourth-order valence-electron chi connectivity index (χ4n) is 3.63. The summed E-state index contributed by atoms with van der Waals surface area (Å²) < 4.78 is 5.71. The van der Waals surface area contributed by atoms with Gasteiger partial charge in [-0.3, -0.25) is 9.69 Å². The molecule has 1 aliphatic carbocycles. The molecular formula is C18H24N2O4. The highest BCUT2D eigenvalue weighted by Gasteiger charge is 2.52. The lowest BCUT2D eigenvalue weighted by molar-refractivity contribution is -0.132. The average Bonchev–Trinajstić information content (AvgIpc) is 3.08. The molecule has 2 fully saturated rings. The van der Waals surface area contributed by atoms with Crippen LogP contribution in [-0.4, -0.2) is 46.7 Å². The number of aryl methyl sites for hydroxylation is 2. The highest BCUT2D eigenvalue weighted by atomic mass is 16.5. The van der Waals surface area contributed by atoms with Gasteiger partial charge in [-0.25, -0.2) is 4.79 Å². The number of β-amino-alcohol motifs (C(OH)–C–C–N with tert-alkyl or cyclic N) is 1. The molecule has 0 aromatic heterocycles. The van der Waals surface area contributed by atoms with Crippen LogP contribution in [0.25, 0.3) is 0 Å². The monoisotopic (exact) mass is 332 g/mol. The summed E-state index contributed by atoms with van der Waals surface area (Å²) in [5, 5.41) is 13.0. The second-order valence-electron chi connectivity index (χ2n) is 6.82. The van der Waals surface area contributed by atoms with E-state index in [1.54, 1.807) is 0 Å².